The fourth-order valence-corrected chi connectivity index (χ4v) is 4.13. The molecule has 9 nitrogen and oxygen atoms in total. The van der Waals surface area contributed by atoms with Gasteiger partial charge < -0.3 is 15.4 Å². The smallest absolute Gasteiger partial charge is 0.158 e. The zero-order valence-electron chi connectivity index (χ0n) is 17.9. The summed E-state index contributed by atoms with van der Waals surface area (Å²) in [6.45, 7) is 3.86. The summed E-state index contributed by atoms with van der Waals surface area (Å²) in [5, 5.41) is 25.0. The Balaban J connectivity index is 1.33. The molecule has 1 fully saturated rings. The van der Waals surface area contributed by atoms with Crippen molar-refractivity contribution in [2.24, 2.45) is 0 Å². The van der Waals surface area contributed by atoms with Crippen LogP contribution in [-0.4, -0.2) is 37.3 Å². The molecule has 1 aromatic carbocycles. The monoisotopic (exact) mass is 436 g/mol. The number of aromatic nitrogens is 5. The molecule has 1 aliphatic heterocycles. The van der Waals surface area contributed by atoms with Gasteiger partial charge in [0.25, 0.3) is 0 Å². The Kier molecular flexibility index (Phi) is 4.45. The van der Waals surface area contributed by atoms with Crippen molar-refractivity contribution in [2.45, 2.75) is 12.8 Å². The lowest BCUT2D eigenvalue weighted by molar-refractivity contribution is 0.451. The fraction of sp³-hybridized carbons (Fsp3) is 0.167. The lowest BCUT2D eigenvalue weighted by Gasteiger charge is -2.27. The number of rotatable bonds is 5. The second-order valence-electron chi connectivity index (χ2n) is 8.10. The van der Waals surface area contributed by atoms with Gasteiger partial charge in [0.05, 0.1) is 23.0 Å². The number of benzene rings is 1. The van der Waals surface area contributed by atoms with E-state index in [2.05, 4.69) is 38.0 Å². The first-order valence-corrected chi connectivity index (χ1v) is 10.7. The zero-order chi connectivity index (χ0) is 22.4. The van der Waals surface area contributed by atoms with Crippen LogP contribution in [0.15, 0.2) is 61.3 Å². The number of pyridine rings is 1. The van der Waals surface area contributed by atoms with Crippen molar-refractivity contribution in [2.75, 3.05) is 18.4 Å². The molecular weight excluding hydrogens is 416 g/mol. The summed E-state index contributed by atoms with van der Waals surface area (Å²) in [4.78, 5) is 4.20. The molecule has 162 valence electrons. The van der Waals surface area contributed by atoms with Crippen molar-refractivity contribution in [1.29, 1.82) is 5.26 Å². The largest absolute Gasteiger partial charge is 0.457 e. The molecular formula is C24H20N8O. The highest BCUT2D eigenvalue weighted by Gasteiger charge is 2.24. The molecule has 0 amide bonds. The van der Waals surface area contributed by atoms with Gasteiger partial charge in [-0.05, 0) is 48.4 Å². The number of nitriles is 1. The van der Waals surface area contributed by atoms with Crippen LogP contribution in [0.1, 0.15) is 22.6 Å². The van der Waals surface area contributed by atoms with Gasteiger partial charge in [-0.3, -0.25) is 0 Å². The van der Waals surface area contributed by atoms with Gasteiger partial charge in [0.15, 0.2) is 5.65 Å². The SMILES string of the molecule is Cc1cc(Nc2c(C#N)cnn3ccc(C4CNC4)c23)ccc1Oc1ccn2ncnc2c1. The lowest BCUT2D eigenvalue weighted by atomic mass is 9.94. The number of hydrogen-bond acceptors (Lipinski definition) is 7. The molecule has 0 aliphatic carbocycles. The molecule has 2 N–H and O–H groups in total. The van der Waals surface area contributed by atoms with Gasteiger partial charge in [0.2, 0.25) is 0 Å². The summed E-state index contributed by atoms with van der Waals surface area (Å²) in [6.07, 6.45) is 6.87. The minimum absolute atomic E-state index is 0.423. The molecule has 6 rings (SSSR count). The highest BCUT2D eigenvalue weighted by atomic mass is 16.5. The normalized spacial score (nSPS) is 13.7. The van der Waals surface area contributed by atoms with Crippen molar-refractivity contribution in [3.8, 4) is 17.6 Å². The number of aryl methyl sites for hydroxylation is 1. The van der Waals surface area contributed by atoms with Crippen molar-refractivity contribution < 1.29 is 4.74 Å². The molecule has 5 aromatic rings. The Morgan fingerprint density at radius 1 is 1.12 bits per heavy atom. The highest BCUT2D eigenvalue weighted by Crippen LogP contribution is 2.35. The Hall–Kier alpha value is -4.42. The van der Waals surface area contributed by atoms with E-state index in [1.807, 2.05) is 54.2 Å². The lowest BCUT2D eigenvalue weighted by Crippen LogP contribution is -2.39. The van der Waals surface area contributed by atoms with Gasteiger partial charge in [-0.15, -0.1) is 0 Å². The summed E-state index contributed by atoms with van der Waals surface area (Å²) < 4.78 is 9.61. The standard InChI is InChI=1S/C24H20N8O/c1-15-8-18(2-3-21(15)33-19-4-6-31-22(9-19)27-14-29-31)30-23-16(10-25)13-28-32-7-5-20(24(23)32)17-11-26-12-17/h2-9,13-14,17,26,30H,11-12H2,1H3. The first kappa shape index (κ1) is 19.3. The van der Waals surface area contributed by atoms with Gasteiger partial charge in [0.1, 0.15) is 23.9 Å². The van der Waals surface area contributed by atoms with Crippen molar-refractivity contribution in [3.63, 3.8) is 0 Å². The average molecular weight is 436 g/mol. The molecule has 0 unspecified atom stereocenters. The van der Waals surface area contributed by atoms with E-state index in [-0.39, 0.29) is 0 Å². The van der Waals surface area contributed by atoms with Gasteiger partial charge >= 0.3 is 0 Å². The summed E-state index contributed by atoms with van der Waals surface area (Å²) >= 11 is 0. The third kappa shape index (κ3) is 3.33. The third-order valence-electron chi connectivity index (χ3n) is 5.98. The molecule has 9 heteroatoms. The Morgan fingerprint density at radius 2 is 2.00 bits per heavy atom. The van der Waals surface area contributed by atoms with Crippen LogP contribution in [0.25, 0.3) is 11.2 Å². The van der Waals surface area contributed by atoms with E-state index in [1.54, 1.807) is 10.7 Å². The van der Waals surface area contributed by atoms with E-state index >= 15 is 0 Å². The molecule has 0 bridgehead atoms. The molecule has 1 saturated heterocycles. The van der Waals surface area contributed by atoms with E-state index in [0.717, 1.165) is 46.9 Å². The maximum atomic E-state index is 9.73. The molecule has 1 aliphatic rings. The molecule has 0 spiro atoms. The maximum Gasteiger partial charge on any atom is 0.158 e. The zero-order valence-corrected chi connectivity index (χ0v) is 17.9. The van der Waals surface area contributed by atoms with Gasteiger partial charge in [0, 0.05) is 43.2 Å². The van der Waals surface area contributed by atoms with E-state index < -0.39 is 0 Å². The summed E-state index contributed by atoms with van der Waals surface area (Å²) in [7, 11) is 0. The average Bonchev–Trinajstić information content (AvgIpc) is 3.42. The molecule has 4 aromatic heterocycles. The van der Waals surface area contributed by atoms with Crippen LogP contribution in [0.2, 0.25) is 0 Å². The van der Waals surface area contributed by atoms with E-state index in [1.165, 1.54) is 11.9 Å². The van der Waals surface area contributed by atoms with Gasteiger partial charge in [-0.1, -0.05) is 0 Å². The van der Waals surface area contributed by atoms with Crippen LogP contribution >= 0.6 is 0 Å². The summed E-state index contributed by atoms with van der Waals surface area (Å²) in [5.74, 6) is 1.86. The number of nitrogens with one attached hydrogen (secondary N) is 2. The van der Waals surface area contributed by atoms with Crippen molar-refractivity contribution in [3.05, 3.63) is 78.0 Å². The molecule has 33 heavy (non-hydrogen) atoms. The van der Waals surface area contributed by atoms with Crippen LogP contribution in [0.3, 0.4) is 0 Å². The summed E-state index contributed by atoms with van der Waals surface area (Å²) in [5.41, 5.74) is 5.97. The molecule has 0 saturated carbocycles. The Bertz CT molecular complexity index is 1540. The number of anilines is 2. The number of nitrogens with zero attached hydrogens (tertiary/aromatic N) is 6. The van der Waals surface area contributed by atoms with Gasteiger partial charge in [-0.2, -0.15) is 15.5 Å². The van der Waals surface area contributed by atoms with Crippen LogP contribution in [0.5, 0.6) is 11.5 Å². The number of ether oxygens (including phenoxy) is 1. The van der Waals surface area contributed by atoms with E-state index in [9.17, 15) is 5.26 Å². The highest BCUT2D eigenvalue weighted by molar-refractivity contribution is 5.85. The summed E-state index contributed by atoms with van der Waals surface area (Å²) in [6, 6.07) is 13.9. The molecule has 5 heterocycles. The Labute approximate surface area is 189 Å². The first-order chi connectivity index (χ1) is 16.2. The molecule has 0 radical (unpaired) electrons. The topological polar surface area (TPSA) is 105 Å². The minimum Gasteiger partial charge on any atom is -0.457 e. The van der Waals surface area contributed by atoms with Crippen LogP contribution in [-0.2, 0) is 0 Å². The van der Waals surface area contributed by atoms with Crippen LogP contribution < -0.4 is 15.4 Å². The predicted molar refractivity (Wildman–Crippen MR) is 123 cm³/mol. The van der Waals surface area contributed by atoms with Crippen molar-refractivity contribution >= 4 is 22.5 Å². The third-order valence-corrected chi connectivity index (χ3v) is 5.98. The van der Waals surface area contributed by atoms with Crippen LogP contribution in [0, 0.1) is 18.3 Å². The first-order valence-electron chi connectivity index (χ1n) is 10.7. The number of fused-ring (bicyclic) bond motifs is 2. The second kappa shape index (κ2) is 7.62. The quantitative estimate of drug-likeness (QED) is 0.432. The Morgan fingerprint density at radius 3 is 2.79 bits per heavy atom. The van der Waals surface area contributed by atoms with Gasteiger partial charge in [-0.25, -0.2) is 14.0 Å². The van der Waals surface area contributed by atoms with Crippen LogP contribution in [0.4, 0.5) is 11.4 Å². The van der Waals surface area contributed by atoms with E-state index in [4.69, 9.17) is 4.74 Å². The number of hydrogen-bond donors (Lipinski definition) is 2. The van der Waals surface area contributed by atoms with Crippen molar-refractivity contribution in [1.82, 2.24) is 29.5 Å². The van der Waals surface area contributed by atoms with E-state index in [0.29, 0.717) is 17.2 Å². The fourth-order valence-electron chi connectivity index (χ4n) is 4.13. The second-order valence-corrected chi connectivity index (χ2v) is 8.10. The minimum atomic E-state index is 0.423. The maximum absolute atomic E-state index is 9.73. The predicted octanol–water partition coefficient (Wildman–Crippen LogP) is 3.78. The molecule has 0 atom stereocenters.